The van der Waals surface area contributed by atoms with Crippen LogP contribution in [0.25, 0.3) is 0 Å². The Hall–Kier alpha value is -4.04. The number of carbonyl (C=O) groups excluding carboxylic acids is 2. The minimum Gasteiger partial charge on any atom is -0.352 e. The fourth-order valence-electron chi connectivity index (χ4n) is 2.95. The molecule has 0 bridgehead atoms. The molecule has 31 heavy (non-hydrogen) atoms. The van der Waals surface area contributed by atoms with Gasteiger partial charge in [0.1, 0.15) is 0 Å². The molecule has 2 amide bonds. The minimum absolute atomic E-state index is 0.0914. The van der Waals surface area contributed by atoms with Crippen LogP contribution in [0.4, 0.5) is 11.4 Å². The lowest BCUT2D eigenvalue weighted by Gasteiger charge is -2.12. The summed E-state index contributed by atoms with van der Waals surface area (Å²) in [6, 6.07) is 20.0. The van der Waals surface area contributed by atoms with Gasteiger partial charge in [-0.1, -0.05) is 42.5 Å². The zero-order valence-corrected chi connectivity index (χ0v) is 16.7. The summed E-state index contributed by atoms with van der Waals surface area (Å²) in [5.41, 5.74) is 8.93. The Morgan fingerprint density at radius 1 is 0.903 bits per heavy atom. The molecule has 0 saturated carbocycles. The van der Waals surface area contributed by atoms with E-state index in [1.54, 1.807) is 24.3 Å². The van der Waals surface area contributed by atoms with Crippen molar-refractivity contribution in [2.75, 3.05) is 5.32 Å². The van der Waals surface area contributed by atoms with Crippen LogP contribution in [0.1, 0.15) is 27.0 Å². The van der Waals surface area contributed by atoms with E-state index < -0.39 is 10.8 Å². The van der Waals surface area contributed by atoms with E-state index in [0.717, 1.165) is 11.1 Å². The zero-order valence-electron chi connectivity index (χ0n) is 16.7. The average molecular weight is 418 g/mol. The van der Waals surface area contributed by atoms with Crippen molar-refractivity contribution >= 4 is 23.2 Å². The standard InChI is InChI=1S/C23H22N4O4/c24-14-16-5-7-17(8-6-16)15-25-22(28)13-19-3-1-2-4-21(19)26-23(29)18-9-11-20(12-10-18)27(30)31/h1-12H,13-15,24H2,(H,25,28)(H,26,29). The summed E-state index contributed by atoms with van der Waals surface area (Å²) in [5.74, 6) is -0.595. The molecular weight excluding hydrogens is 396 g/mol. The predicted molar refractivity (Wildman–Crippen MR) is 117 cm³/mol. The summed E-state index contributed by atoms with van der Waals surface area (Å²) in [6.07, 6.45) is 0.0948. The van der Waals surface area contributed by atoms with Crippen molar-refractivity contribution in [2.24, 2.45) is 5.73 Å². The van der Waals surface area contributed by atoms with Gasteiger partial charge in [0.15, 0.2) is 0 Å². The Kier molecular flexibility index (Phi) is 7.08. The fourth-order valence-corrected chi connectivity index (χ4v) is 2.95. The zero-order chi connectivity index (χ0) is 22.2. The number of hydrogen-bond acceptors (Lipinski definition) is 5. The van der Waals surface area contributed by atoms with Gasteiger partial charge in [-0.15, -0.1) is 0 Å². The monoisotopic (exact) mass is 418 g/mol. The normalized spacial score (nSPS) is 10.4. The highest BCUT2D eigenvalue weighted by molar-refractivity contribution is 6.05. The predicted octanol–water partition coefficient (Wildman–Crippen LogP) is 3.16. The van der Waals surface area contributed by atoms with E-state index in [0.29, 0.717) is 24.3 Å². The summed E-state index contributed by atoms with van der Waals surface area (Å²) in [4.78, 5) is 35.1. The molecule has 0 aliphatic heterocycles. The van der Waals surface area contributed by atoms with Gasteiger partial charge in [-0.3, -0.25) is 19.7 Å². The molecule has 3 rings (SSSR count). The lowest BCUT2D eigenvalue weighted by atomic mass is 10.1. The molecule has 8 heteroatoms. The number of para-hydroxylation sites is 1. The van der Waals surface area contributed by atoms with Gasteiger partial charge >= 0.3 is 0 Å². The Balaban J connectivity index is 1.61. The third-order valence-corrected chi connectivity index (χ3v) is 4.71. The van der Waals surface area contributed by atoms with Gasteiger partial charge in [0.05, 0.1) is 11.3 Å². The summed E-state index contributed by atoms with van der Waals surface area (Å²) in [5, 5.41) is 16.4. The number of nitrogens with two attached hydrogens (primary N) is 1. The van der Waals surface area contributed by atoms with Crippen molar-refractivity contribution < 1.29 is 14.5 Å². The largest absolute Gasteiger partial charge is 0.352 e. The molecule has 0 radical (unpaired) electrons. The quantitative estimate of drug-likeness (QED) is 0.382. The molecular formula is C23H22N4O4. The van der Waals surface area contributed by atoms with Gasteiger partial charge in [-0.25, -0.2) is 0 Å². The maximum absolute atomic E-state index is 12.5. The van der Waals surface area contributed by atoms with Crippen LogP contribution in [0.15, 0.2) is 72.8 Å². The van der Waals surface area contributed by atoms with Crippen LogP contribution in [0.5, 0.6) is 0 Å². The highest BCUT2D eigenvalue weighted by atomic mass is 16.6. The maximum Gasteiger partial charge on any atom is 0.269 e. The first kappa shape index (κ1) is 21.7. The number of non-ortho nitro benzene ring substituents is 1. The number of anilines is 1. The molecule has 0 unspecified atom stereocenters. The number of nitrogens with zero attached hydrogens (tertiary/aromatic N) is 1. The van der Waals surface area contributed by atoms with E-state index in [1.807, 2.05) is 24.3 Å². The fraction of sp³-hybridized carbons (Fsp3) is 0.130. The number of carbonyl (C=O) groups is 2. The van der Waals surface area contributed by atoms with Gasteiger partial charge < -0.3 is 16.4 Å². The van der Waals surface area contributed by atoms with Gasteiger partial charge in [0.25, 0.3) is 11.6 Å². The molecule has 0 fully saturated rings. The maximum atomic E-state index is 12.5. The molecule has 3 aromatic rings. The van der Waals surface area contributed by atoms with Crippen LogP contribution >= 0.6 is 0 Å². The van der Waals surface area contributed by atoms with E-state index in [4.69, 9.17) is 5.73 Å². The molecule has 0 atom stereocenters. The van der Waals surface area contributed by atoms with Crippen LogP contribution in [0.3, 0.4) is 0 Å². The molecule has 158 valence electrons. The molecule has 8 nitrogen and oxygen atoms in total. The van der Waals surface area contributed by atoms with Gasteiger partial charge in [0, 0.05) is 36.5 Å². The minimum atomic E-state index is -0.526. The Bertz CT molecular complexity index is 1080. The third-order valence-electron chi connectivity index (χ3n) is 4.71. The topological polar surface area (TPSA) is 127 Å². The first-order valence-electron chi connectivity index (χ1n) is 9.64. The van der Waals surface area contributed by atoms with Crippen molar-refractivity contribution in [2.45, 2.75) is 19.5 Å². The molecule has 3 aromatic carbocycles. The highest BCUT2D eigenvalue weighted by Crippen LogP contribution is 2.18. The number of rotatable bonds is 8. The number of hydrogen-bond donors (Lipinski definition) is 3. The van der Waals surface area contributed by atoms with Crippen LogP contribution in [-0.2, 0) is 24.3 Å². The first-order chi connectivity index (χ1) is 15.0. The van der Waals surface area contributed by atoms with Gasteiger partial charge in [-0.2, -0.15) is 0 Å². The molecule has 0 aliphatic rings. The second-order valence-electron chi connectivity index (χ2n) is 6.89. The molecule has 4 N–H and O–H groups in total. The van der Waals surface area contributed by atoms with Gasteiger partial charge in [0.2, 0.25) is 5.91 Å². The van der Waals surface area contributed by atoms with E-state index in [2.05, 4.69) is 10.6 Å². The Morgan fingerprint density at radius 3 is 2.19 bits per heavy atom. The number of nitro groups is 1. The second-order valence-corrected chi connectivity index (χ2v) is 6.89. The average Bonchev–Trinajstić information content (AvgIpc) is 2.79. The first-order valence-corrected chi connectivity index (χ1v) is 9.64. The molecule has 0 spiro atoms. The summed E-state index contributed by atoms with van der Waals surface area (Å²) >= 11 is 0. The number of benzene rings is 3. The van der Waals surface area contributed by atoms with Crippen molar-refractivity contribution in [3.63, 3.8) is 0 Å². The van der Waals surface area contributed by atoms with E-state index >= 15 is 0 Å². The lowest BCUT2D eigenvalue weighted by molar-refractivity contribution is -0.384. The van der Waals surface area contributed by atoms with Crippen molar-refractivity contribution in [3.05, 3.63) is 105 Å². The van der Waals surface area contributed by atoms with Crippen molar-refractivity contribution in [1.82, 2.24) is 5.32 Å². The lowest BCUT2D eigenvalue weighted by Crippen LogP contribution is -2.25. The van der Waals surface area contributed by atoms with Crippen molar-refractivity contribution in [3.8, 4) is 0 Å². The number of amides is 2. The third kappa shape index (κ3) is 5.97. The SMILES string of the molecule is NCc1ccc(CNC(=O)Cc2ccccc2NC(=O)c2ccc([N+](=O)[O-])cc2)cc1. The molecule has 0 aliphatic carbocycles. The van der Waals surface area contributed by atoms with Crippen LogP contribution in [-0.4, -0.2) is 16.7 Å². The number of nitro benzene ring substituents is 1. The Labute approximate surface area is 179 Å². The summed E-state index contributed by atoms with van der Waals surface area (Å²) in [6.45, 7) is 0.857. The van der Waals surface area contributed by atoms with Crippen LogP contribution < -0.4 is 16.4 Å². The highest BCUT2D eigenvalue weighted by Gasteiger charge is 2.13. The number of nitrogens with one attached hydrogen (secondary N) is 2. The molecule has 0 saturated heterocycles. The molecule has 0 heterocycles. The van der Waals surface area contributed by atoms with Gasteiger partial charge in [-0.05, 0) is 34.9 Å². The smallest absolute Gasteiger partial charge is 0.269 e. The van der Waals surface area contributed by atoms with E-state index in [1.165, 1.54) is 24.3 Å². The molecule has 0 aromatic heterocycles. The van der Waals surface area contributed by atoms with E-state index in [9.17, 15) is 19.7 Å². The summed E-state index contributed by atoms with van der Waals surface area (Å²) < 4.78 is 0. The second kappa shape index (κ2) is 10.1. The summed E-state index contributed by atoms with van der Waals surface area (Å²) in [7, 11) is 0. The van der Waals surface area contributed by atoms with Crippen LogP contribution in [0.2, 0.25) is 0 Å². The van der Waals surface area contributed by atoms with E-state index in [-0.39, 0.29) is 23.6 Å². The Morgan fingerprint density at radius 2 is 1.55 bits per heavy atom. The van der Waals surface area contributed by atoms with Crippen LogP contribution in [0, 0.1) is 10.1 Å². The van der Waals surface area contributed by atoms with Crippen molar-refractivity contribution in [1.29, 1.82) is 0 Å².